The molecule has 0 amide bonds. The van der Waals surface area contributed by atoms with Gasteiger partial charge in [-0.2, -0.15) is 0 Å². The lowest BCUT2D eigenvalue weighted by Gasteiger charge is -2.15. The molecule has 0 saturated heterocycles. The normalized spacial score (nSPS) is 12.1. The molecule has 0 aliphatic heterocycles. The second-order valence-corrected chi connectivity index (χ2v) is 5.10. The van der Waals surface area contributed by atoms with Crippen molar-refractivity contribution < 1.29 is 4.39 Å². The molecule has 1 aromatic carbocycles. The van der Waals surface area contributed by atoms with Crippen molar-refractivity contribution in [2.24, 2.45) is 0 Å². The van der Waals surface area contributed by atoms with Gasteiger partial charge in [0.1, 0.15) is 11.6 Å². The van der Waals surface area contributed by atoms with Gasteiger partial charge < -0.3 is 9.88 Å². The van der Waals surface area contributed by atoms with E-state index < -0.39 is 0 Å². The van der Waals surface area contributed by atoms with Gasteiger partial charge in [0, 0.05) is 30.5 Å². The minimum Gasteiger partial charge on any atom is -0.365 e. The van der Waals surface area contributed by atoms with Gasteiger partial charge in [0.25, 0.3) is 0 Å². The van der Waals surface area contributed by atoms with Crippen molar-refractivity contribution in [3.05, 3.63) is 61.2 Å². The predicted molar refractivity (Wildman–Crippen MR) is 82.7 cm³/mol. The maximum Gasteiger partial charge on any atom is 0.145 e. The molecule has 0 bridgehead atoms. The average Bonchev–Trinajstić information content (AvgIpc) is 3.01. The minimum atomic E-state index is -0.264. The Hall–Kier alpha value is -2.76. The van der Waals surface area contributed by atoms with Crippen molar-refractivity contribution in [3.63, 3.8) is 0 Å². The molecule has 112 valence electrons. The highest BCUT2D eigenvalue weighted by Gasteiger charge is 2.06. The van der Waals surface area contributed by atoms with E-state index in [0.29, 0.717) is 11.5 Å². The number of hydrogen-bond acceptors (Lipinski definition) is 4. The van der Waals surface area contributed by atoms with E-state index in [1.165, 1.54) is 12.1 Å². The van der Waals surface area contributed by atoms with E-state index in [9.17, 15) is 4.39 Å². The monoisotopic (exact) mass is 297 g/mol. The van der Waals surface area contributed by atoms with Crippen LogP contribution in [0.4, 0.5) is 10.2 Å². The maximum absolute atomic E-state index is 13.0. The van der Waals surface area contributed by atoms with Gasteiger partial charge in [-0.25, -0.2) is 14.4 Å². The van der Waals surface area contributed by atoms with Crippen LogP contribution < -0.4 is 5.32 Å². The summed E-state index contributed by atoms with van der Waals surface area (Å²) in [5.74, 6) is 0.425. The van der Waals surface area contributed by atoms with E-state index >= 15 is 0 Å². The lowest BCUT2D eigenvalue weighted by atomic mass is 10.1. The fraction of sp³-hybridized carbons (Fsp3) is 0.188. The number of anilines is 1. The highest BCUT2D eigenvalue weighted by atomic mass is 19.1. The van der Waals surface area contributed by atoms with Gasteiger partial charge in [0.05, 0.1) is 24.4 Å². The Morgan fingerprint density at radius 1 is 1.18 bits per heavy atom. The van der Waals surface area contributed by atoms with E-state index in [4.69, 9.17) is 0 Å². The number of hydrogen-bond donors (Lipinski definition) is 1. The standard InChI is InChI=1S/C16H16FN5/c1-12(10-22-7-6-18-11-22)20-16-9-19-8-15(21-16)13-2-4-14(17)5-3-13/h2-9,11-12H,10H2,1H3,(H,20,21). The molecule has 1 N–H and O–H groups in total. The summed E-state index contributed by atoms with van der Waals surface area (Å²) in [5.41, 5.74) is 1.54. The number of nitrogens with zero attached hydrogens (tertiary/aromatic N) is 4. The third-order valence-corrected chi connectivity index (χ3v) is 3.21. The number of benzene rings is 1. The summed E-state index contributed by atoms with van der Waals surface area (Å²) in [6.45, 7) is 2.84. The molecule has 0 spiro atoms. The number of imidazole rings is 1. The van der Waals surface area contributed by atoms with Gasteiger partial charge in [-0.1, -0.05) is 0 Å². The summed E-state index contributed by atoms with van der Waals surface area (Å²) in [4.78, 5) is 12.7. The van der Waals surface area contributed by atoms with Crippen molar-refractivity contribution in [2.45, 2.75) is 19.5 Å². The van der Waals surface area contributed by atoms with Crippen molar-refractivity contribution >= 4 is 5.82 Å². The molecule has 0 aliphatic rings. The molecule has 2 aromatic heterocycles. The van der Waals surface area contributed by atoms with Crippen LogP contribution in [0.25, 0.3) is 11.3 Å². The number of nitrogens with one attached hydrogen (secondary N) is 1. The Bertz CT molecular complexity index is 725. The fourth-order valence-electron chi connectivity index (χ4n) is 2.20. The van der Waals surface area contributed by atoms with Crippen LogP contribution >= 0.6 is 0 Å². The molecule has 0 saturated carbocycles. The van der Waals surface area contributed by atoms with Gasteiger partial charge in [-0.15, -0.1) is 0 Å². The Morgan fingerprint density at radius 2 is 2.00 bits per heavy atom. The van der Waals surface area contributed by atoms with Crippen molar-refractivity contribution in [2.75, 3.05) is 5.32 Å². The van der Waals surface area contributed by atoms with Crippen LogP contribution in [0.15, 0.2) is 55.4 Å². The van der Waals surface area contributed by atoms with Crippen LogP contribution in [-0.2, 0) is 6.54 Å². The molecular weight excluding hydrogens is 281 g/mol. The highest BCUT2D eigenvalue weighted by Crippen LogP contribution is 2.18. The van der Waals surface area contributed by atoms with Crippen LogP contribution in [0, 0.1) is 5.82 Å². The van der Waals surface area contributed by atoms with Crippen LogP contribution in [0.5, 0.6) is 0 Å². The summed E-state index contributed by atoms with van der Waals surface area (Å²) < 4.78 is 15.0. The van der Waals surface area contributed by atoms with E-state index in [1.807, 2.05) is 10.8 Å². The van der Waals surface area contributed by atoms with E-state index in [1.54, 1.807) is 37.1 Å². The second kappa shape index (κ2) is 6.34. The molecule has 1 atom stereocenters. The maximum atomic E-state index is 13.0. The molecule has 3 aromatic rings. The van der Waals surface area contributed by atoms with E-state index in [0.717, 1.165) is 12.1 Å². The number of rotatable bonds is 5. The minimum absolute atomic E-state index is 0.173. The largest absolute Gasteiger partial charge is 0.365 e. The SMILES string of the molecule is CC(Cn1ccnc1)Nc1cncc(-c2ccc(F)cc2)n1. The zero-order valence-corrected chi connectivity index (χ0v) is 12.1. The first-order valence-corrected chi connectivity index (χ1v) is 7.01. The lowest BCUT2D eigenvalue weighted by Crippen LogP contribution is -2.22. The molecule has 0 fully saturated rings. The molecule has 0 aliphatic carbocycles. The Kier molecular flexibility index (Phi) is 4.09. The van der Waals surface area contributed by atoms with Crippen LogP contribution in [0.2, 0.25) is 0 Å². The molecule has 2 heterocycles. The number of halogens is 1. The van der Waals surface area contributed by atoms with Crippen LogP contribution in [0.3, 0.4) is 0 Å². The van der Waals surface area contributed by atoms with Crippen LogP contribution in [0.1, 0.15) is 6.92 Å². The van der Waals surface area contributed by atoms with E-state index in [-0.39, 0.29) is 11.9 Å². The Balaban J connectivity index is 1.72. The summed E-state index contributed by atoms with van der Waals surface area (Å²) >= 11 is 0. The third kappa shape index (κ3) is 3.46. The number of aromatic nitrogens is 4. The molecule has 0 radical (unpaired) electrons. The quantitative estimate of drug-likeness (QED) is 0.786. The Labute approximate surface area is 127 Å². The first-order chi connectivity index (χ1) is 10.7. The molecular formula is C16H16FN5. The molecule has 1 unspecified atom stereocenters. The van der Waals surface area contributed by atoms with Gasteiger partial charge in [-0.3, -0.25) is 4.98 Å². The average molecular weight is 297 g/mol. The van der Waals surface area contributed by atoms with Gasteiger partial charge >= 0.3 is 0 Å². The molecule has 3 rings (SSSR count). The van der Waals surface area contributed by atoms with Crippen LogP contribution in [-0.4, -0.2) is 25.6 Å². The highest BCUT2D eigenvalue weighted by molar-refractivity contribution is 5.59. The Morgan fingerprint density at radius 3 is 2.73 bits per heavy atom. The van der Waals surface area contributed by atoms with E-state index in [2.05, 4.69) is 27.2 Å². The summed E-state index contributed by atoms with van der Waals surface area (Å²) in [6.07, 6.45) is 8.79. The zero-order valence-electron chi connectivity index (χ0n) is 12.1. The van der Waals surface area contributed by atoms with Crippen molar-refractivity contribution in [3.8, 4) is 11.3 Å². The van der Waals surface area contributed by atoms with Crippen molar-refractivity contribution in [1.29, 1.82) is 0 Å². The smallest absolute Gasteiger partial charge is 0.145 e. The van der Waals surface area contributed by atoms with Gasteiger partial charge in [0.15, 0.2) is 0 Å². The second-order valence-electron chi connectivity index (χ2n) is 5.10. The lowest BCUT2D eigenvalue weighted by molar-refractivity contribution is 0.617. The zero-order chi connectivity index (χ0) is 15.4. The first kappa shape index (κ1) is 14.2. The summed E-state index contributed by atoms with van der Waals surface area (Å²) in [6, 6.07) is 6.39. The summed E-state index contributed by atoms with van der Waals surface area (Å²) in [7, 11) is 0. The summed E-state index contributed by atoms with van der Waals surface area (Å²) in [5, 5.41) is 3.31. The van der Waals surface area contributed by atoms with Gasteiger partial charge in [0.2, 0.25) is 0 Å². The molecule has 5 nitrogen and oxygen atoms in total. The third-order valence-electron chi connectivity index (χ3n) is 3.21. The molecule has 6 heteroatoms. The fourth-order valence-corrected chi connectivity index (χ4v) is 2.20. The van der Waals surface area contributed by atoms with Crippen molar-refractivity contribution in [1.82, 2.24) is 19.5 Å². The topological polar surface area (TPSA) is 55.6 Å². The molecule has 22 heavy (non-hydrogen) atoms. The predicted octanol–water partition coefficient (Wildman–Crippen LogP) is 2.98. The first-order valence-electron chi connectivity index (χ1n) is 7.01. The van der Waals surface area contributed by atoms with Gasteiger partial charge in [-0.05, 0) is 31.2 Å².